The maximum Gasteiger partial charge on any atom is 0.242 e. The van der Waals surface area contributed by atoms with Crippen LogP contribution in [-0.2, 0) is 15.5 Å². The van der Waals surface area contributed by atoms with Crippen molar-refractivity contribution in [3.05, 3.63) is 42.4 Å². The third-order valence-electron chi connectivity index (χ3n) is 5.03. The average Bonchev–Trinajstić information content (AvgIpc) is 3.26. The Bertz CT molecular complexity index is 1130. The van der Waals surface area contributed by atoms with Crippen LogP contribution in [-0.4, -0.2) is 58.1 Å². The third-order valence-corrected chi connectivity index (χ3v) is 7.34. The van der Waals surface area contributed by atoms with Crippen LogP contribution in [0.3, 0.4) is 0 Å². The molecule has 0 spiro atoms. The van der Waals surface area contributed by atoms with Crippen LogP contribution in [0, 0.1) is 11.4 Å². The van der Waals surface area contributed by atoms with Crippen LogP contribution >= 0.6 is 0 Å². The lowest BCUT2D eigenvalue weighted by Crippen LogP contribution is -2.66. The van der Waals surface area contributed by atoms with Gasteiger partial charge >= 0.3 is 0 Å². The smallest absolute Gasteiger partial charge is 0.242 e. The zero-order valence-corrected chi connectivity index (χ0v) is 15.9. The lowest BCUT2D eigenvalue weighted by molar-refractivity contribution is 0.0857. The summed E-state index contributed by atoms with van der Waals surface area (Å²) < 4.78 is 24.2. The van der Waals surface area contributed by atoms with Gasteiger partial charge in [-0.1, -0.05) is 0 Å². The summed E-state index contributed by atoms with van der Waals surface area (Å²) in [5.74, 6) is 0. The second kappa shape index (κ2) is 6.14. The normalized spacial score (nSPS) is 18.9. The fraction of sp³-hybridized carbons (Fsp3) is 0.412. The van der Waals surface area contributed by atoms with Gasteiger partial charge in [0.05, 0.1) is 17.1 Å². The molecule has 3 aromatic heterocycles. The number of nitrogens with zero attached hydrogens (tertiary/aromatic N) is 6. The Balaban J connectivity index is 1.67. The van der Waals surface area contributed by atoms with Gasteiger partial charge in [0.15, 0.2) is 5.54 Å². The van der Waals surface area contributed by atoms with E-state index in [0.717, 1.165) is 22.3 Å². The quantitative estimate of drug-likeness (QED) is 0.657. The number of rotatable bonds is 5. The average molecular weight is 384 g/mol. The molecule has 0 radical (unpaired) electrons. The second-order valence-corrected chi connectivity index (χ2v) is 9.69. The molecule has 0 unspecified atom stereocenters. The summed E-state index contributed by atoms with van der Waals surface area (Å²) >= 11 is 0. The largest absolute Gasteiger partial charge is 0.346 e. The number of hydrogen-bond donors (Lipinski definition) is 2. The van der Waals surface area contributed by atoms with Crippen LogP contribution in [0.25, 0.3) is 27.1 Å². The van der Waals surface area contributed by atoms with Crippen molar-refractivity contribution < 1.29 is 4.21 Å². The fourth-order valence-electron chi connectivity index (χ4n) is 3.37. The Kier molecular flexibility index (Phi) is 4.01. The molecule has 1 atom stereocenters. The van der Waals surface area contributed by atoms with Crippen molar-refractivity contribution in [1.82, 2.24) is 29.0 Å². The summed E-state index contributed by atoms with van der Waals surface area (Å²) in [7, 11) is -2.84. The minimum atomic E-state index is -2.84. The van der Waals surface area contributed by atoms with E-state index in [2.05, 4.69) is 24.9 Å². The number of aromatic nitrogens is 5. The van der Waals surface area contributed by atoms with Crippen molar-refractivity contribution >= 4 is 20.9 Å². The molecule has 4 rings (SSSR count). The predicted octanol–water partition coefficient (Wildman–Crippen LogP) is 2.12. The SMILES string of the molecule is [C-]#[N+]CC1(n2cc(-c3ncnc4[nH]ccc34)cn2)CN([S@@](=N)(=O)C(C)C)C1. The summed E-state index contributed by atoms with van der Waals surface area (Å²) in [6.07, 6.45) is 6.92. The first-order chi connectivity index (χ1) is 12.9. The molecule has 1 aliphatic rings. The van der Waals surface area contributed by atoms with E-state index in [0.29, 0.717) is 13.1 Å². The van der Waals surface area contributed by atoms with Crippen molar-refractivity contribution in [2.75, 3.05) is 19.6 Å². The fourth-order valence-corrected chi connectivity index (χ4v) is 4.83. The van der Waals surface area contributed by atoms with Crippen molar-refractivity contribution in [1.29, 1.82) is 4.78 Å². The molecular formula is C17H20N8OS. The molecule has 27 heavy (non-hydrogen) atoms. The summed E-state index contributed by atoms with van der Waals surface area (Å²) in [5.41, 5.74) is 1.79. The Morgan fingerprint density at radius 2 is 2.22 bits per heavy atom. The van der Waals surface area contributed by atoms with E-state index in [1.807, 2.05) is 18.5 Å². The van der Waals surface area contributed by atoms with Crippen LogP contribution in [0.4, 0.5) is 0 Å². The molecule has 140 valence electrons. The van der Waals surface area contributed by atoms with E-state index >= 15 is 0 Å². The maximum atomic E-state index is 12.6. The van der Waals surface area contributed by atoms with Gasteiger partial charge in [0.1, 0.15) is 21.9 Å². The van der Waals surface area contributed by atoms with Crippen molar-refractivity contribution in [2.24, 2.45) is 0 Å². The molecular weight excluding hydrogens is 364 g/mol. The summed E-state index contributed by atoms with van der Waals surface area (Å²) in [6, 6.07) is 1.92. The monoisotopic (exact) mass is 384 g/mol. The van der Waals surface area contributed by atoms with Gasteiger partial charge in [-0.15, -0.1) is 0 Å². The zero-order valence-electron chi connectivity index (χ0n) is 15.1. The number of fused-ring (bicyclic) bond motifs is 1. The van der Waals surface area contributed by atoms with E-state index in [1.165, 1.54) is 6.33 Å². The highest BCUT2D eigenvalue weighted by molar-refractivity contribution is 7.90. The molecule has 1 aliphatic heterocycles. The zero-order chi connectivity index (χ0) is 19.2. The van der Waals surface area contributed by atoms with Crippen LogP contribution < -0.4 is 0 Å². The first kappa shape index (κ1) is 17.6. The summed E-state index contributed by atoms with van der Waals surface area (Å²) in [5, 5.41) is 5.12. The molecule has 1 fully saturated rings. The first-order valence-electron chi connectivity index (χ1n) is 8.57. The van der Waals surface area contributed by atoms with Crippen LogP contribution in [0.5, 0.6) is 0 Å². The Morgan fingerprint density at radius 3 is 2.93 bits per heavy atom. The number of hydrogen-bond acceptors (Lipinski definition) is 5. The molecule has 0 saturated carbocycles. The molecule has 0 amide bonds. The lowest BCUT2D eigenvalue weighted by atomic mass is 9.92. The van der Waals surface area contributed by atoms with Crippen molar-refractivity contribution in [3.63, 3.8) is 0 Å². The highest BCUT2D eigenvalue weighted by Gasteiger charge is 2.52. The molecule has 1 saturated heterocycles. The minimum absolute atomic E-state index is 0.224. The van der Waals surface area contributed by atoms with Gasteiger partial charge in [-0.05, 0) is 19.9 Å². The molecule has 9 nitrogen and oxygen atoms in total. The first-order valence-corrected chi connectivity index (χ1v) is 10.1. The number of nitrogens with one attached hydrogen (secondary N) is 2. The van der Waals surface area contributed by atoms with Gasteiger partial charge in [-0.3, -0.25) is 4.68 Å². The minimum Gasteiger partial charge on any atom is -0.346 e. The van der Waals surface area contributed by atoms with E-state index in [-0.39, 0.29) is 11.8 Å². The van der Waals surface area contributed by atoms with Gasteiger partial charge < -0.3 is 9.83 Å². The standard InChI is InChI=1S/C17H20N8OS/c1-12(2)27(18,26)24-9-17(10-24,8-19-3)25-7-13(6-23-25)15-14-4-5-20-16(14)22-11-21-15/h4-7,11-12,18H,8-10H2,1-2H3,(H,20,21,22)/t27-/m1/s1. The van der Waals surface area contributed by atoms with E-state index < -0.39 is 15.5 Å². The topological polar surface area (TPSA) is 108 Å². The summed E-state index contributed by atoms with van der Waals surface area (Å²) in [6.45, 7) is 11.9. The number of H-pyrrole nitrogens is 1. The van der Waals surface area contributed by atoms with E-state index in [9.17, 15) is 4.21 Å². The van der Waals surface area contributed by atoms with E-state index in [1.54, 1.807) is 29.0 Å². The Morgan fingerprint density at radius 1 is 1.44 bits per heavy atom. The lowest BCUT2D eigenvalue weighted by Gasteiger charge is -2.47. The highest BCUT2D eigenvalue weighted by atomic mass is 32.2. The molecule has 4 heterocycles. The second-order valence-electron chi connectivity index (χ2n) is 7.09. The molecule has 2 N–H and O–H groups in total. The predicted molar refractivity (Wildman–Crippen MR) is 102 cm³/mol. The maximum absolute atomic E-state index is 12.6. The van der Waals surface area contributed by atoms with Crippen LogP contribution in [0.1, 0.15) is 13.8 Å². The van der Waals surface area contributed by atoms with E-state index in [4.69, 9.17) is 11.4 Å². The molecule has 0 aliphatic carbocycles. The van der Waals surface area contributed by atoms with Crippen molar-refractivity contribution in [3.8, 4) is 11.3 Å². The summed E-state index contributed by atoms with van der Waals surface area (Å²) in [4.78, 5) is 15.2. The van der Waals surface area contributed by atoms with Gasteiger partial charge in [-0.2, -0.15) is 5.10 Å². The van der Waals surface area contributed by atoms with Gasteiger partial charge in [-0.25, -0.2) is 29.8 Å². The number of aromatic amines is 1. The van der Waals surface area contributed by atoms with Crippen molar-refractivity contribution in [2.45, 2.75) is 24.6 Å². The Labute approximate surface area is 157 Å². The third kappa shape index (κ3) is 2.70. The van der Waals surface area contributed by atoms with Crippen LogP contribution in [0.15, 0.2) is 31.0 Å². The van der Waals surface area contributed by atoms with Gasteiger partial charge in [0.25, 0.3) is 0 Å². The molecule has 10 heteroatoms. The van der Waals surface area contributed by atoms with Gasteiger partial charge in [0.2, 0.25) is 6.54 Å². The van der Waals surface area contributed by atoms with Crippen LogP contribution in [0.2, 0.25) is 0 Å². The Hall–Kier alpha value is -2.77. The van der Waals surface area contributed by atoms with Gasteiger partial charge in [0, 0.05) is 36.4 Å². The highest BCUT2D eigenvalue weighted by Crippen LogP contribution is 2.35. The molecule has 3 aromatic rings. The molecule has 0 bridgehead atoms. The molecule has 0 aromatic carbocycles.